The Morgan fingerprint density at radius 1 is 1.80 bits per heavy atom. The molecule has 0 bridgehead atoms. The van der Waals surface area contributed by atoms with E-state index >= 15 is 0 Å². The standard InChI is InChI=1S/C7H9ClO2/c1-2-4-9-7-6(8)3-5-10-7/h1,6-7H,3-5H2/t6-,7-/m1/s1. The van der Waals surface area contributed by atoms with E-state index < -0.39 is 0 Å². The first-order valence-corrected chi connectivity index (χ1v) is 3.59. The molecule has 0 radical (unpaired) electrons. The third-order valence-corrected chi connectivity index (χ3v) is 1.73. The van der Waals surface area contributed by atoms with Gasteiger partial charge in [0.15, 0.2) is 6.29 Å². The lowest BCUT2D eigenvalue weighted by molar-refractivity contribution is -0.0978. The number of halogens is 1. The topological polar surface area (TPSA) is 18.5 Å². The van der Waals surface area contributed by atoms with Gasteiger partial charge in [0.2, 0.25) is 0 Å². The molecule has 1 saturated heterocycles. The molecular weight excluding hydrogens is 152 g/mol. The van der Waals surface area contributed by atoms with Gasteiger partial charge in [-0.25, -0.2) is 0 Å². The molecule has 0 saturated carbocycles. The van der Waals surface area contributed by atoms with E-state index in [0.29, 0.717) is 6.61 Å². The van der Waals surface area contributed by atoms with Crippen LogP contribution in [0.25, 0.3) is 0 Å². The molecule has 0 aromatic rings. The predicted octanol–water partition coefficient (Wildman–Crippen LogP) is 0.990. The van der Waals surface area contributed by atoms with Crippen LogP contribution < -0.4 is 0 Å². The van der Waals surface area contributed by atoms with Crippen molar-refractivity contribution in [3.05, 3.63) is 0 Å². The maximum absolute atomic E-state index is 5.80. The smallest absolute Gasteiger partial charge is 0.175 e. The highest BCUT2D eigenvalue weighted by atomic mass is 35.5. The second kappa shape index (κ2) is 3.82. The number of hydrogen-bond donors (Lipinski definition) is 0. The Bertz CT molecular complexity index is 141. The van der Waals surface area contributed by atoms with E-state index in [-0.39, 0.29) is 18.3 Å². The van der Waals surface area contributed by atoms with Gasteiger partial charge in [-0.05, 0) is 6.42 Å². The quantitative estimate of drug-likeness (QED) is 0.443. The first-order chi connectivity index (χ1) is 4.84. The van der Waals surface area contributed by atoms with E-state index in [0.717, 1.165) is 6.42 Å². The third-order valence-electron chi connectivity index (χ3n) is 1.30. The van der Waals surface area contributed by atoms with Gasteiger partial charge < -0.3 is 9.47 Å². The van der Waals surface area contributed by atoms with Gasteiger partial charge in [0, 0.05) is 0 Å². The van der Waals surface area contributed by atoms with Crippen LogP contribution in [0.4, 0.5) is 0 Å². The zero-order valence-corrected chi connectivity index (χ0v) is 6.30. The SMILES string of the molecule is C#CCO[C@@H]1OCC[C@H]1Cl. The van der Waals surface area contributed by atoms with Crippen LogP contribution in [0.3, 0.4) is 0 Å². The molecule has 2 nitrogen and oxygen atoms in total. The first-order valence-electron chi connectivity index (χ1n) is 3.15. The van der Waals surface area contributed by atoms with Crippen LogP contribution in [0.15, 0.2) is 0 Å². The Kier molecular flexibility index (Phi) is 3.01. The summed E-state index contributed by atoms with van der Waals surface area (Å²) in [5.41, 5.74) is 0. The summed E-state index contributed by atoms with van der Waals surface area (Å²) < 4.78 is 10.2. The lowest BCUT2D eigenvalue weighted by Crippen LogP contribution is -2.19. The second-order valence-corrected chi connectivity index (χ2v) is 2.62. The fraction of sp³-hybridized carbons (Fsp3) is 0.714. The molecule has 0 amide bonds. The number of terminal acetylenes is 1. The largest absolute Gasteiger partial charge is 0.351 e. The summed E-state index contributed by atoms with van der Waals surface area (Å²) >= 11 is 5.80. The highest BCUT2D eigenvalue weighted by Gasteiger charge is 2.26. The molecule has 1 rings (SSSR count). The van der Waals surface area contributed by atoms with Crippen molar-refractivity contribution in [2.45, 2.75) is 18.1 Å². The monoisotopic (exact) mass is 160 g/mol. The molecule has 0 spiro atoms. The molecule has 0 N–H and O–H groups in total. The molecule has 3 heteroatoms. The Hall–Kier alpha value is -0.230. The van der Waals surface area contributed by atoms with Crippen molar-refractivity contribution in [2.24, 2.45) is 0 Å². The molecule has 10 heavy (non-hydrogen) atoms. The average Bonchev–Trinajstić information content (AvgIpc) is 2.31. The number of rotatable bonds is 2. The summed E-state index contributed by atoms with van der Waals surface area (Å²) in [6.07, 6.45) is 5.53. The van der Waals surface area contributed by atoms with Crippen LogP contribution in [0.1, 0.15) is 6.42 Å². The molecule has 0 aromatic heterocycles. The van der Waals surface area contributed by atoms with E-state index in [1.54, 1.807) is 0 Å². The Morgan fingerprint density at radius 3 is 3.10 bits per heavy atom. The van der Waals surface area contributed by atoms with Crippen LogP contribution in [0.2, 0.25) is 0 Å². The van der Waals surface area contributed by atoms with Crippen molar-refractivity contribution in [2.75, 3.05) is 13.2 Å². The van der Waals surface area contributed by atoms with Crippen molar-refractivity contribution in [1.82, 2.24) is 0 Å². The summed E-state index contributed by atoms with van der Waals surface area (Å²) in [5, 5.41) is -0.0339. The zero-order chi connectivity index (χ0) is 7.40. The summed E-state index contributed by atoms with van der Waals surface area (Å²) in [6, 6.07) is 0. The van der Waals surface area contributed by atoms with Crippen LogP contribution in [-0.4, -0.2) is 24.9 Å². The van der Waals surface area contributed by atoms with E-state index in [2.05, 4.69) is 5.92 Å². The molecule has 1 fully saturated rings. The lowest BCUT2D eigenvalue weighted by atomic mass is 10.3. The molecular formula is C7H9ClO2. The van der Waals surface area contributed by atoms with Gasteiger partial charge in [-0.1, -0.05) is 5.92 Å². The van der Waals surface area contributed by atoms with Gasteiger partial charge in [0.25, 0.3) is 0 Å². The van der Waals surface area contributed by atoms with E-state index in [1.165, 1.54) is 0 Å². The molecule has 0 aliphatic carbocycles. The molecule has 0 unspecified atom stereocenters. The minimum atomic E-state index is -0.294. The van der Waals surface area contributed by atoms with Crippen molar-refractivity contribution in [3.8, 4) is 12.3 Å². The molecule has 0 aromatic carbocycles. The van der Waals surface area contributed by atoms with E-state index in [4.69, 9.17) is 27.5 Å². The summed E-state index contributed by atoms with van der Waals surface area (Å²) in [5.74, 6) is 2.35. The lowest BCUT2D eigenvalue weighted by Gasteiger charge is -2.11. The molecule has 1 heterocycles. The average molecular weight is 161 g/mol. The van der Waals surface area contributed by atoms with Crippen LogP contribution in [-0.2, 0) is 9.47 Å². The number of hydrogen-bond acceptors (Lipinski definition) is 2. The summed E-state index contributed by atoms with van der Waals surface area (Å²) in [4.78, 5) is 0. The molecule has 1 aliphatic rings. The maximum atomic E-state index is 5.80. The van der Waals surface area contributed by atoms with E-state index in [1.807, 2.05) is 0 Å². The number of alkyl halides is 1. The Balaban J connectivity index is 2.21. The Morgan fingerprint density at radius 2 is 2.60 bits per heavy atom. The van der Waals surface area contributed by atoms with Gasteiger partial charge in [0.05, 0.1) is 12.0 Å². The highest BCUT2D eigenvalue weighted by Crippen LogP contribution is 2.19. The third kappa shape index (κ3) is 1.88. The van der Waals surface area contributed by atoms with Gasteiger partial charge in [-0.3, -0.25) is 0 Å². The van der Waals surface area contributed by atoms with Crippen molar-refractivity contribution in [3.63, 3.8) is 0 Å². The van der Waals surface area contributed by atoms with Gasteiger partial charge >= 0.3 is 0 Å². The second-order valence-electron chi connectivity index (χ2n) is 2.06. The molecule has 1 aliphatic heterocycles. The van der Waals surface area contributed by atoms with Gasteiger partial charge in [-0.2, -0.15) is 0 Å². The first kappa shape index (κ1) is 7.87. The van der Waals surface area contributed by atoms with Crippen LogP contribution in [0, 0.1) is 12.3 Å². The zero-order valence-electron chi connectivity index (χ0n) is 5.55. The van der Waals surface area contributed by atoms with Crippen LogP contribution >= 0.6 is 11.6 Å². The summed E-state index contributed by atoms with van der Waals surface area (Å²) in [7, 11) is 0. The van der Waals surface area contributed by atoms with Crippen LogP contribution in [0.5, 0.6) is 0 Å². The minimum absolute atomic E-state index is 0.0339. The Labute approximate surface area is 65.5 Å². The molecule has 56 valence electrons. The fourth-order valence-electron chi connectivity index (χ4n) is 0.820. The maximum Gasteiger partial charge on any atom is 0.175 e. The normalized spacial score (nSPS) is 32.0. The highest BCUT2D eigenvalue weighted by molar-refractivity contribution is 6.21. The minimum Gasteiger partial charge on any atom is -0.351 e. The van der Waals surface area contributed by atoms with Crippen molar-refractivity contribution in [1.29, 1.82) is 0 Å². The van der Waals surface area contributed by atoms with Gasteiger partial charge in [-0.15, -0.1) is 18.0 Å². The van der Waals surface area contributed by atoms with Crippen molar-refractivity contribution < 1.29 is 9.47 Å². The summed E-state index contributed by atoms with van der Waals surface area (Å²) in [6.45, 7) is 0.942. The fourth-order valence-corrected chi connectivity index (χ4v) is 1.05. The van der Waals surface area contributed by atoms with Crippen molar-refractivity contribution >= 4 is 11.6 Å². The molecule has 2 atom stereocenters. The number of ether oxygens (including phenoxy) is 2. The van der Waals surface area contributed by atoms with E-state index in [9.17, 15) is 0 Å². The predicted molar refractivity (Wildman–Crippen MR) is 38.8 cm³/mol. The van der Waals surface area contributed by atoms with Gasteiger partial charge in [0.1, 0.15) is 6.61 Å².